The number of benzene rings is 1. The standard InChI is InChI=1S/C18H29BrN2/c1-4-21-11-5-6-17(13-21)15(3)20-14(2)12-16-7-9-18(19)10-8-16/h7-10,14-15,17,20H,4-6,11-13H2,1-3H3. The van der Waals surface area contributed by atoms with Gasteiger partial charge in [-0.25, -0.2) is 0 Å². The lowest BCUT2D eigenvalue weighted by Crippen LogP contribution is -2.47. The first-order valence-corrected chi connectivity index (χ1v) is 9.10. The zero-order chi connectivity index (χ0) is 15.2. The number of nitrogens with zero attached hydrogens (tertiary/aromatic N) is 1. The van der Waals surface area contributed by atoms with E-state index in [1.165, 1.54) is 38.0 Å². The fourth-order valence-corrected chi connectivity index (χ4v) is 3.67. The van der Waals surface area contributed by atoms with Gasteiger partial charge in [0.25, 0.3) is 0 Å². The highest BCUT2D eigenvalue weighted by Gasteiger charge is 2.24. The molecular weight excluding hydrogens is 324 g/mol. The van der Waals surface area contributed by atoms with Gasteiger partial charge in [-0.05, 0) is 69.8 Å². The molecule has 2 rings (SSSR count). The first kappa shape index (κ1) is 17.0. The molecule has 1 N–H and O–H groups in total. The highest BCUT2D eigenvalue weighted by Crippen LogP contribution is 2.20. The zero-order valence-electron chi connectivity index (χ0n) is 13.6. The molecule has 1 aliphatic heterocycles. The van der Waals surface area contributed by atoms with Crippen molar-refractivity contribution in [3.8, 4) is 0 Å². The van der Waals surface area contributed by atoms with Crippen LogP contribution < -0.4 is 5.32 Å². The summed E-state index contributed by atoms with van der Waals surface area (Å²) in [7, 11) is 0. The fourth-order valence-electron chi connectivity index (χ4n) is 3.40. The number of hydrogen-bond donors (Lipinski definition) is 1. The molecule has 21 heavy (non-hydrogen) atoms. The summed E-state index contributed by atoms with van der Waals surface area (Å²) >= 11 is 3.50. The van der Waals surface area contributed by atoms with Crippen LogP contribution in [0.4, 0.5) is 0 Å². The molecule has 0 amide bonds. The number of halogens is 1. The van der Waals surface area contributed by atoms with E-state index in [1.54, 1.807) is 0 Å². The van der Waals surface area contributed by atoms with Crippen molar-refractivity contribution in [1.29, 1.82) is 0 Å². The van der Waals surface area contributed by atoms with Crippen LogP contribution in [0, 0.1) is 5.92 Å². The van der Waals surface area contributed by atoms with Gasteiger partial charge in [-0.3, -0.25) is 0 Å². The monoisotopic (exact) mass is 352 g/mol. The lowest BCUT2D eigenvalue weighted by atomic mass is 9.91. The van der Waals surface area contributed by atoms with Crippen LogP contribution in [0.1, 0.15) is 39.2 Å². The average Bonchev–Trinajstić information content (AvgIpc) is 2.49. The number of nitrogens with one attached hydrogen (secondary N) is 1. The molecule has 0 bridgehead atoms. The van der Waals surface area contributed by atoms with Crippen LogP contribution in [0.5, 0.6) is 0 Å². The van der Waals surface area contributed by atoms with E-state index < -0.39 is 0 Å². The maximum absolute atomic E-state index is 3.82. The van der Waals surface area contributed by atoms with Crippen LogP contribution in [0.15, 0.2) is 28.7 Å². The third kappa shape index (κ3) is 5.39. The van der Waals surface area contributed by atoms with Crippen LogP contribution in [0.25, 0.3) is 0 Å². The van der Waals surface area contributed by atoms with Gasteiger partial charge in [0.05, 0.1) is 0 Å². The second kappa shape index (κ2) is 8.30. The summed E-state index contributed by atoms with van der Waals surface area (Å²) in [5, 5.41) is 3.82. The second-order valence-electron chi connectivity index (χ2n) is 6.48. The van der Waals surface area contributed by atoms with Gasteiger partial charge in [-0.2, -0.15) is 0 Å². The molecule has 3 atom stereocenters. The first-order valence-electron chi connectivity index (χ1n) is 8.31. The molecule has 1 aromatic carbocycles. The van der Waals surface area contributed by atoms with Gasteiger partial charge in [-0.1, -0.05) is 35.0 Å². The van der Waals surface area contributed by atoms with Gasteiger partial charge < -0.3 is 10.2 Å². The Balaban J connectivity index is 1.81. The Morgan fingerprint density at radius 2 is 2.00 bits per heavy atom. The van der Waals surface area contributed by atoms with E-state index in [9.17, 15) is 0 Å². The van der Waals surface area contributed by atoms with E-state index in [4.69, 9.17) is 0 Å². The van der Waals surface area contributed by atoms with Gasteiger partial charge in [0.1, 0.15) is 0 Å². The molecule has 1 heterocycles. The number of piperidine rings is 1. The number of hydrogen-bond acceptors (Lipinski definition) is 2. The molecule has 0 aromatic heterocycles. The van der Waals surface area contributed by atoms with Gasteiger partial charge in [0.15, 0.2) is 0 Å². The SMILES string of the molecule is CCN1CCCC(C(C)NC(C)Cc2ccc(Br)cc2)C1. The van der Waals surface area contributed by atoms with Gasteiger partial charge in [0.2, 0.25) is 0 Å². The molecular formula is C18H29BrN2. The summed E-state index contributed by atoms with van der Waals surface area (Å²) < 4.78 is 1.15. The van der Waals surface area contributed by atoms with Crippen molar-refractivity contribution in [1.82, 2.24) is 10.2 Å². The van der Waals surface area contributed by atoms with Crippen LogP contribution in [0.3, 0.4) is 0 Å². The van der Waals surface area contributed by atoms with E-state index in [1.807, 2.05) is 0 Å². The van der Waals surface area contributed by atoms with Crippen molar-refractivity contribution in [2.75, 3.05) is 19.6 Å². The van der Waals surface area contributed by atoms with E-state index in [0.29, 0.717) is 12.1 Å². The van der Waals surface area contributed by atoms with E-state index in [2.05, 4.69) is 71.2 Å². The molecule has 0 radical (unpaired) electrons. The minimum atomic E-state index is 0.526. The lowest BCUT2D eigenvalue weighted by molar-refractivity contribution is 0.153. The summed E-state index contributed by atoms with van der Waals surface area (Å²) in [6.07, 6.45) is 3.82. The van der Waals surface area contributed by atoms with Crippen LogP contribution in [0.2, 0.25) is 0 Å². The van der Waals surface area contributed by atoms with Crippen LogP contribution in [-0.2, 0) is 6.42 Å². The highest BCUT2D eigenvalue weighted by atomic mass is 79.9. The predicted octanol–water partition coefficient (Wildman–Crippen LogP) is 4.09. The first-order chi connectivity index (χ1) is 10.1. The molecule has 1 saturated heterocycles. The quantitative estimate of drug-likeness (QED) is 0.829. The van der Waals surface area contributed by atoms with Crippen LogP contribution in [-0.4, -0.2) is 36.6 Å². The summed E-state index contributed by atoms with van der Waals surface area (Å²) in [4.78, 5) is 2.59. The molecule has 118 valence electrons. The van der Waals surface area contributed by atoms with E-state index in [0.717, 1.165) is 16.8 Å². The summed E-state index contributed by atoms with van der Waals surface area (Å²) in [5.41, 5.74) is 1.41. The normalized spacial score (nSPS) is 23.0. The Bertz CT molecular complexity index is 418. The average molecular weight is 353 g/mol. The largest absolute Gasteiger partial charge is 0.311 e. The maximum atomic E-state index is 3.82. The van der Waals surface area contributed by atoms with Crippen molar-refractivity contribution in [3.63, 3.8) is 0 Å². The fraction of sp³-hybridized carbons (Fsp3) is 0.667. The van der Waals surface area contributed by atoms with Gasteiger partial charge >= 0.3 is 0 Å². The minimum absolute atomic E-state index is 0.526. The smallest absolute Gasteiger partial charge is 0.0175 e. The molecule has 0 spiro atoms. The summed E-state index contributed by atoms with van der Waals surface area (Å²) in [5.74, 6) is 0.797. The van der Waals surface area contributed by atoms with E-state index in [-0.39, 0.29) is 0 Å². The Hall–Kier alpha value is -0.380. The molecule has 0 aliphatic carbocycles. The van der Waals surface area contributed by atoms with Crippen molar-refractivity contribution in [3.05, 3.63) is 34.3 Å². The topological polar surface area (TPSA) is 15.3 Å². The highest BCUT2D eigenvalue weighted by molar-refractivity contribution is 9.10. The van der Waals surface area contributed by atoms with E-state index >= 15 is 0 Å². The number of likely N-dealkylation sites (tertiary alicyclic amines) is 1. The van der Waals surface area contributed by atoms with Gasteiger partial charge in [0, 0.05) is 23.1 Å². The molecule has 3 unspecified atom stereocenters. The van der Waals surface area contributed by atoms with Crippen LogP contribution >= 0.6 is 15.9 Å². The molecule has 2 nitrogen and oxygen atoms in total. The summed E-state index contributed by atoms with van der Waals surface area (Å²) in [6, 6.07) is 9.82. The zero-order valence-corrected chi connectivity index (χ0v) is 15.2. The predicted molar refractivity (Wildman–Crippen MR) is 94.7 cm³/mol. The van der Waals surface area contributed by atoms with Crippen molar-refractivity contribution < 1.29 is 0 Å². The Labute approximate surface area is 138 Å². The third-order valence-electron chi connectivity index (χ3n) is 4.70. The molecule has 1 aromatic rings. The third-order valence-corrected chi connectivity index (χ3v) is 5.23. The number of rotatable bonds is 6. The lowest BCUT2D eigenvalue weighted by Gasteiger charge is -2.36. The molecule has 0 saturated carbocycles. The molecule has 1 aliphatic rings. The van der Waals surface area contributed by atoms with Crippen molar-refractivity contribution in [2.24, 2.45) is 5.92 Å². The molecule has 1 fully saturated rings. The Kier molecular flexibility index (Phi) is 6.72. The van der Waals surface area contributed by atoms with Crippen molar-refractivity contribution >= 4 is 15.9 Å². The van der Waals surface area contributed by atoms with Crippen molar-refractivity contribution in [2.45, 2.75) is 52.1 Å². The summed E-state index contributed by atoms with van der Waals surface area (Å²) in [6.45, 7) is 10.7. The minimum Gasteiger partial charge on any atom is -0.311 e. The van der Waals surface area contributed by atoms with Gasteiger partial charge in [-0.15, -0.1) is 0 Å². The Morgan fingerprint density at radius 1 is 1.29 bits per heavy atom. The second-order valence-corrected chi connectivity index (χ2v) is 7.40. The maximum Gasteiger partial charge on any atom is 0.0175 e. The molecule has 3 heteroatoms. The Morgan fingerprint density at radius 3 is 2.67 bits per heavy atom.